The van der Waals surface area contributed by atoms with E-state index in [0.29, 0.717) is 18.6 Å². The average molecular weight is 261 g/mol. The Morgan fingerprint density at radius 2 is 2.00 bits per heavy atom. The number of nitrogens with two attached hydrogens (primary N) is 1. The molecule has 3 heteroatoms. The Kier molecular flexibility index (Phi) is 4.90. The first-order valence-corrected chi connectivity index (χ1v) is 7.36. The molecule has 0 atom stereocenters. The number of unbranched alkanes of at least 4 members (excludes halogenated alkanes) is 2. The quantitative estimate of drug-likeness (QED) is 0.775. The molecule has 0 radical (unpaired) electrons. The van der Waals surface area contributed by atoms with E-state index in [-0.39, 0.29) is 0 Å². The SMILES string of the molecule is NCCCCCC(=O)Cc1csc2ccccc12. The molecule has 2 rings (SSSR count). The van der Waals surface area contributed by atoms with Gasteiger partial charge >= 0.3 is 0 Å². The summed E-state index contributed by atoms with van der Waals surface area (Å²) in [6.07, 6.45) is 4.32. The molecule has 1 heterocycles. The number of carbonyl (C=O) groups excluding carboxylic acids is 1. The molecule has 0 amide bonds. The van der Waals surface area contributed by atoms with E-state index >= 15 is 0 Å². The highest BCUT2D eigenvalue weighted by molar-refractivity contribution is 7.17. The average Bonchev–Trinajstić information content (AvgIpc) is 2.78. The highest BCUT2D eigenvalue weighted by atomic mass is 32.1. The van der Waals surface area contributed by atoms with Crippen molar-refractivity contribution in [1.82, 2.24) is 0 Å². The van der Waals surface area contributed by atoms with Crippen molar-refractivity contribution in [2.75, 3.05) is 6.54 Å². The van der Waals surface area contributed by atoms with Crippen molar-refractivity contribution in [2.24, 2.45) is 5.73 Å². The monoisotopic (exact) mass is 261 g/mol. The second-order valence-electron chi connectivity index (χ2n) is 4.57. The van der Waals surface area contributed by atoms with Gasteiger partial charge < -0.3 is 5.73 Å². The minimum absolute atomic E-state index is 0.343. The van der Waals surface area contributed by atoms with Gasteiger partial charge in [-0.25, -0.2) is 0 Å². The molecule has 1 aromatic heterocycles. The van der Waals surface area contributed by atoms with Crippen LogP contribution in [0.4, 0.5) is 0 Å². The molecule has 0 aliphatic heterocycles. The summed E-state index contributed by atoms with van der Waals surface area (Å²) in [5.41, 5.74) is 6.61. The van der Waals surface area contributed by atoms with E-state index in [9.17, 15) is 4.79 Å². The number of Topliss-reactive ketones (excluding diaryl/α,β-unsaturated/α-hetero) is 1. The van der Waals surface area contributed by atoms with Gasteiger partial charge in [0.1, 0.15) is 5.78 Å². The van der Waals surface area contributed by atoms with Crippen LogP contribution in [0.2, 0.25) is 0 Å². The van der Waals surface area contributed by atoms with Gasteiger partial charge in [-0.05, 0) is 41.8 Å². The lowest BCUT2D eigenvalue weighted by Crippen LogP contribution is -2.03. The Balaban J connectivity index is 1.91. The number of carbonyl (C=O) groups is 1. The molecule has 2 N–H and O–H groups in total. The molecule has 0 aliphatic rings. The predicted octanol–water partition coefficient (Wildman–Crippen LogP) is 3.53. The number of hydrogen-bond acceptors (Lipinski definition) is 3. The maximum absolute atomic E-state index is 11.9. The minimum Gasteiger partial charge on any atom is -0.330 e. The lowest BCUT2D eigenvalue weighted by molar-refractivity contribution is -0.118. The molecule has 2 nitrogen and oxygen atoms in total. The molecule has 0 saturated heterocycles. The van der Waals surface area contributed by atoms with Crippen molar-refractivity contribution < 1.29 is 4.79 Å². The number of fused-ring (bicyclic) bond motifs is 1. The first-order chi connectivity index (χ1) is 8.81. The Morgan fingerprint density at radius 3 is 2.83 bits per heavy atom. The molecule has 18 heavy (non-hydrogen) atoms. The van der Waals surface area contributed by atoms with Gasteiger partial charge in [0.05, 0.1) is 0 Å². The second-order valence-corrected chi connectivity index (χ2v) is 5.48. The van der Waals surface area contributed by atoms with E-state index in [2.05, 4.69) is 17.5 Å². The van der Waals surface area contributed by atoms with Crippen LogP contribution in [0.5, 0.6) is 0 Å². The van der Waals surface area contributed by atoms with Crippen LogP contribution in [-0.4, -0.2) is 12.3 Å². The summed E-state index contributed by atoms with van der Waals surface area (Å²) >= 11 is 1.72. The normalized spacial score (nSPS) is 10.9. The maximum atomic E-state index is 11.9. The standard InChI is InChI=1S/C15H19NOS/c16-9-5-1-2-6-13(17)10-12-11-18-15-8-4-3-7-14(12)15/h3-4,7-8,11H,1-2,5-6,9-10,16H2. The van der Waals surface area contributed by atoms with E-state index in [1.807, 2.05) is 12.1 Å². The highest BCUT2D eigenvalue weighted by Crippen LogP contribution is 2.26. The third kappa shape index (κ3) is 3.40. The molecule has 0 bridgehead atoms. The summed E-state index contributed by atoms with van der Waals surface area (Å²) in [7, 11) is 0. The number of benzene rings is 1. The molecule has 2 aromatic rings. The molecule has 96 valence electrons. The first kappa shape index (κ1) is 13.2. The highest BCUT2D eigenvalue weighted by Gasteiger charge is 2.08. The van der Waals surface area contributed by atoms with Crippen molar-refractivity contribution >= 4 is 27.2 Å². The van der Waals surface area contributed by atoms with Gasteiger partial charge in [0.25, 0.3) is 0 Å². The molecule has 0 unspecified atom stereocenters. The van der Waals surface area contributed by atoms with Gasteiger partial charge in [0.15, 0.2) is 0 Å². The zero-order valence-corrected chi connectivity index (χ0v) is 11.3. The molecule has 1 aromatic carbocycles. The van der Waals surface area contributed by atoms with Crippen LogP contribution in [0.15, 0.2) is 29.6 Å². The third-order valence-corrected chi connectivity index (χ3v) is 4.12. The van der Waals surface area contributed by atoms with Gasteiger partial charge in [-0.1, -0.05) is 24.6 Å². The number of hydrogen-bond donors (Lipinski definition) is 1. The van der Waals surface area contributed by atoms with Crippen LogP contribution < -0.4 is 5.73 Å². The van der Waals surface area contributed by atoms with E-state index in [4.69, 9.17) is 5.73 Å². The second kappa shape index (κ2) is 6.66. The zero-order chi connectivity index (χ0) is 12.8. The van der Waals surface area contributed by atoms with Crippen LogP contribution in [-0.2, 0) is 11.2 Å². The van der Waals surface area contributed by atoms with Crippen LogP contribution in [0.1, 0.15) is 31.2 Å². The summed E-state index contributed by atoms with van der Waals surface area (Å²) in [6, 6.07) is 8.28. The summed E-state index contributed by atoms with van der Waals surface area (Å²) in [5.74, 6) is 0.343. The molecule has 0 aliphatic carbocycles. The van der Waals surface area contributed by atoms with Gasteiger partial charge in [-0.3, -0.25) is 4.79 Å². The summed E-state index contributed by atoms with van der Waals surface area (Å²) in [4.78, 5) is 11.9. The number of ketones is 1. The van der Waals surface area contributed by atoms with Crippen molar-refractivity contribution in [3.8, 4) is 0 Å². The van der Waals surface area contributed by atoms with E-state index in [0.717, 1.165) is 25.8 Å². The lowest BCUT2D eigenvalue weighted by atomic mass is 10.0. The molecule has 0 saturated carbocycles. The predicted molar refractivity (Wildman–Crippen MR) is 78.1 cm³/mol. The van der Waals surface area contributed by atoms with Crippen molar-refractivity contribution in [2.45, 2.75) is 32.1 Å². The van der Waals surface area contributed by atoms with Crippen LogP contribution in [0.25, 0.3) is 10.1 Å². The fourth-order valence-electron chi connectivity index (χ4n) is 2.11. The van der Waals surface area contributed by atoms with E-state index < -0.39 is 0 Å². The topological polar surface area (TPSA) is 43.1 Å². The van der Waals surface area contributed by atoms with Crippen molar-refractivity contribution in [3.63, 3.8) is 0 Å². The Bertz CT molecular complexity index is 518. The van der Waals surface area contributed by atoms with Crippen LogP contribution in [0.3, 0.4) is 0 Å². The van der Waals surface area contributed by atoms with Gasteiger partial charge in [-0.2, -0.15) is 0 Å². The molecule has 0 spiro atoms. The van der Waals surface area contributed by atoms with Gasteiger partial charge in [0.2, 0.25) is 0 Å². The first-order valence-electron chi connectivity index (χ1n) is 6.48. The molecule has 0 fully saturated rings. The Labute approximate surface area is 112 Å². The summed E-state index contributed by atoms with van der Waals surface area (Å²) in [6.45, 7) is 0.726. The fraction of sp³-hybridized carbons (Fsp3) is 0.400. The zero-order valence-electron chi connectivity index (χ0n) is 10.5. The summed E-state index contributed by atoms with van der Waals surface area (Å²) in [5, 5.41) is 3.35. The largest absolute Gasteiger partial charge is 0.330 e. The van der Waals surface area contributed by atoms with Crippen molar-refractivity contribution in [3.05, 3.63) is 35.2 Å². The third-order valence-electron chi connectivity index (χ3n) is 3.11. The number of thiophene rings is 1. The minimum atomic E-state index is 0.343. The molecular weight excluding hydrogens is 242 g/mol. The number of rotatable bonds is 7. The smallest absolute Gasteiger partial charge is 0.137 e. The van der Waals surface area contributed by atoms with Gasteiger partial charge in [-0.15, -0.1) is 11.3 Å². The lowest BCUT2D eigenvalue weighted by Gasteiger charge is -2.00. The summed E-state index contributed by atoms with van der Waals surface area (Å²) < 4.78 is 1.27. The Morgan fingerprint density at radius 1 is 1.17 bits per heavy atom. The van der Waals surface area contributed by atoms with Gasteiger partial charge in [0, 0.05) is 17.5 Å². The maximum Gasteiger partial charge on any atom is 0.137 e. The van der Waals surface area contributed by atoms with E-state index in [1.165, 1.54) is 15.6 Å². The molecular formula is C15H19NOS. The van der Waals surface area contributed by atoms with Crippen LogP contribution in [0, 0.1) is 0 Å². The Hall–Kier alpha value is -1.19. The van der Waals surface area contributed by atoms with Crippen molar-refractivity contribution in [1.29, 1.82) is 0 Å². The van der Waals surface area contributed by atoms with Crippen LogP contribution >= 0.6 is 11.3 Å². The fourth-order valence-corrected chi connectivity index (χ4v) is 3.08. The van der Waals surface area contributed by atoms with E-state index in [1.54, 1.807) is 11.3 Å².